The lowest BCUT2D eigenvalue weighted by Crippen LogP contribution is -2.50. The van der Waals surface area contributed by atoms with E-state index >= 15 is 0 Å². The fourth-order valence-corrected chi connectivity index (χ4v) is 6.42. The van der Waals surface area contributed by atoms with Crippen LogP contribution in [0.5, 0.6) is 0 Å². The zero-order valence-corrected chi connectivity index (χ0v) is 11.5. The van der Waals surface area contributed by atoms with Crippen LogP contribution in [0.4, 0.5) is 4.39 Å². The van der Waals surface area contributed by atoms with Crippen LogP contribution in [-0.2, 0) is 0 Å². The van der Waals surface area contributed by atoms with E-state index in [2.05, 4.69) is 19.2 Å². The lowest BCUT2D eigenvalue weighted by atomic mass is 10.1. The lowest BCUT2D eigenvalue weighted by Gasteiger charge is -2.18. The molecule has 3 rings (SSSR count). The molecule has 0 atom stereocenters. The largest absolute Gasteiger partial charge is 0.207 e. The molecule has 2 aromatic rings. The minimum Gasteiger partial charge on any atom is -0.207 e. The number of hydrogen-bond acceptors (Lipinski definition) is 0. The van der Waals surface area contributed by atoms with Crippen molar-refractivity contribution in [2.45, 2.75) is 13.1 Å². The highest BCUT2D eigenvalue weighted by atomic mass is 35.5. The molecule has 1 aliphatic heterocycles. The van der Waals surface area contributed by atoms with Crippen molar-refractivity contribution in [1.29, 1.82) is 0 Å². The van der Waals surface area contributed by atoms with Crippen molar-refractivity contribution in [3.05, 3.63) is 47.2 Å². The summed E-state index contributed by atoms with van der Waals surface area (Å²) in [7, 11) is -1.92. The van der Waals surface area contributed by atoms with Gasteiger partial charge in [-0.1, -0.05) is 49.0 Å². The molecule has 0 amide bonds. The van der Waals surface area contributed by atoms with E-state index in [4.69, 9.17) is 11.6 Å². The second kappa shape index (κ2) is 3.44. The molecule has 0 radical (unpaired) electrons. The van der Waals surface area contributed by atoms with Gasteiger partial charge >= 0.3 is 0 Å². The lowest BCUT2D eigenvalue weighted by molar-refractivity contribution is 0.636. The molecule has 0 nitrogen and oxygen atoms in total. The standard InChI is InChI=1S/C14H12ClFSi/c1-17(2)12-8-4-6-10(15)13(12)9-5-3-7-11(16)14(9)17/h3-8H,1-2H3. The van der Waals surface area contributed by atoms with Crippen molar-refractivity contribution in [2.24, 2.45) is 0 Å². The quantitative estimate of drug-likeness (QED) is 0.639. The molecule has 1 heterocycles. The molecule has 86 valence electrons. The van der Waals surface area contributed by atoms with Gasteiger partial charge in [-0.15, -0.1) is 0 Å². The molecule has 0 fully saturated rings. The van der Waals surface area contributed by atoms with Crippen molar-refractivity contribution in [3.63, 3.8) is 0 Å². The van der Waals surface area contributed by atoms with Crippen LogP contribution in [0.3, 0.4) is 0 Å². The number of rotatable bonds is 0. The first-order valence-electron chi connectivity index (χ1n) is 5.62. The summed E-state index contributed by atoms with van der Waals surface area (Å²) in [5.41, 5.74) is 2.03. The van der Waals surface area contributed by atoms with Gasteiger partial charge in [0, 0.05) is 5.02 Å². The Morgan fingerprint density at radius 3 is 2.53 bits per heavy atom. The first kappa shape index (κ1) is 11.0. The Labute approximate surface area is 106 Å². The van der Waals surface area contributed by atoms with Gasteiger partial charge in [0.1, 0.15) is 13.9 Å². The topological polar surface area (TPSA) is 0 Å². The first-order valence-corrected chi connectivity index (χ1v) is 8.99. The molecule has 0 unspecified atom stereocenters. The van der Waals surface area contributed by atoms with E-state index in [0.717, 1.165) is 21.3 Å². The van der Waals surface area contributed by atoms with Gasteiger partial charge in [-0.2, -0.15) is 0 Å². The van der Waals surface area contributed by atoms with Crippen molar-refractivity contribution < 1.29 is 4.39 Å². The number of halogens is 2. The summed E-state index contributed by atoms with van der Waals surface area (Å²) in [4.78, 5) is 0. The Hall–Kier alpha value is -1.12. The smallest absolute Gasteiger partial charge is 0.123 e. The van der Waals surface area contributed by atoms with Crippen LogP contribution in [0.1, 0.15) is 0 Å². The van der Waals surface area contributed by atoms with Crippen molar-refractivity contribution in [1.82, 2.24) is 0 Å². The Morgan fingerprint density at radius 2 is 1.76 bits per heavy atom. The summed E-state index contributed by atoms with van der Waals surface area (Å²) < 4.78 is 14.1. The third kappa shape index (κ3) is 1.34. The maximum absolute atomic E-state index is 14.1. The highest BCUT2D eigenvalue weighted by molar-refractivity contribution is 7.04. The van der Waals surface area contributed by atoms with E-state index in [1.807, 2.05) is 18.2 Å². The van der Waals surface area contributed by atoms with E-state index in [9.17, 15) is 4.39 Å². The Bertz CT molecular complexity index is 620. The van der Waals surface area contributed by atoms with Gasteiger partial charge in [0.2, 0.25) is 0 Å². The van der Waals surface area contributed by atoms with Crippen molar-refractivity contribution >= 4 is 30.0 Å². The van der Waals surface area contributed by atoms with Crippen LogP contribution < -0.4 is 10.4 Å². The summed E-state index contributed by atoms with van der Waals surface area (Å²) in [6.07, 6.45) is 0. The van der Waals surface area contributed by atoms with E-state index in [-0.39, 0.29) is 5.82 Å². The highest BCUT2D eigenvalue weighted by Crippen LogP contribution is 2.34. The summed E-state index contributed by atoms with van der Waals surface area (Å²) in [5.74, 6) is -0.0913. The average molecular weight is 263 g/mol. The van der Waals surface area contributed by atoms with Gasteiger partial charge in [0.15, 0.2) is 0 Å². The average Bonchev–Trinajstić information content (AvgIpc) is 2.50. The summed E-state index contributed by atoms with van der Waals surface area (Å²) in [6.45, 7) is 4.36. The molecule has 0 saturated heterocycles. The molecule has 0 bridgehead atoms. The predicted molar refractivity (Wildman–Crippen MR) is 73.6 cm³/mol. The molecule has 17 heavy (non-hydrogen) atoms. The summed E-state index contributed by atoms with van der Waals surface area (Å²) in [5, 5.41) is 2.86. The van der Waals surface area contributed by atoms with Crippen LogP contribution in [0.15, 0.2) is 36.4 Å². The van der Waals surface area contributed by atoms with Crippen molar-refractivity contribution in [3.8, 4) is 11.1 Å². The van der Waals surface area contributed by atoms with Crippen LogP contribution >= 0.6 is 11.6 Å². The Morgan fingerprint density at radius 1 is 1.06 bits per heavy atom. The number of benzene rings is 2. The zero-order valence-electron chi connectivity index (χ0n) is 9.72. The van der Waals surface area contributed by atoms with E-state index < -0.39 is 8.07 Å². The monoisotopic (exact) mass is 262 g/mol. The molecular weight excluding hydrogens is 251 g/mol. The molecule has 0 N–H and O–H groups in total. The normalized spacial score (nSPS) is 15.5. The minimum absolute atomic E-state index is 0.0913. The highest BCUT2D eigenvalue weighted by Gasteiger charge is 2.40. The minimum atomic E-state index is -1.92. The van der Waals surface area contributed by atoms with E-state index in [1.54, 1.807) is 12.1 Å². The van der Waals surface area contributed by atoms with Crippen LogP contribution in [0.2, 0.25) is 18.1 Å². The van der Waals surface area contributed by atoms with E-state index in [1.165, 1.54) is 5.19 Å². The van der Waals surface area contributed by atoms with Gasteiger partial charge in [0.05, 0.1) is 0 Å². The van der Waals surface area contributed by atoms with Crippen LogP contribution in [-0.4, -0.2) is 8.07 Å². The Kier molecular flexibility index (Phi) is 2.22. The molecule has 2 aromatic carbocycles. The first-order chi connectivity index (χ1) is 8.03. The SMILES string of the molecule is C[Si]1(C)c2cccc(Cl)c2-c2cccc(F)c21. The second-order valence-corrected chi connectivity index (χ2v) is 9.65. The molecule has 3 heteroatoms. The molecule has 0 aromatic heterocycles. The maximum atomic E-state index is 14.1. The fourth-order valence-electron chi connectivity index (χ4n) is 2.82. The van der Waals surface area contributed by atoms with Gasteiger partial charge in [-0.3, -0.25) is 0 Å². The summed E-state index contributed by atoms with van der Waals surface area (Å²) >= 11 is 6.28. The predicted octanol–water partition coefficient (Wildman–Crippen LogP) is 3.28. The molecule has 0 spiro atoms. The van der Waals surface area contributed by atoms with Crippen molar-refractivity contribution in [2.75, 3.05) is 0 Å². The van der Waals surface area contributed by atoms with Gasteiger partial charge in [0.25, 0.3) is 0 Å². The van der Waals surface area contributed by atoms with Gasteiger partial charge < -0.3 is 0 Å². The van der Waals surface area contributed by atoms with Crippen LogP contribution in [0.25, 0.3) is 11.1 Å². The summed E-state index contributed by atoms with van der Waals surface area (Å²) in [6, 6.07) is 11.2. The number of hydrogen-bond donors (Lipinski definition) is 0. The third-order valence-corrected chi connectivity index (χ3v) is 7.43. The van der Waals surface area contributed by atoms with E-state index in [0.29, 0.717) is 0 Å². The van der Waals surface area contributed by atoms with Crippen LogP contribution in [0, 0.1) is 5.82 Å². The molecular formula is C14H12ClFSi. The fraction of sp³-hybridized carbons (Fsp3) is 0.143. The molecule has 0 aliphatic carbocycles. The zero-order chi connectivity index (χ0) is 12.2. The van der Waals surface area contributed by atoms with Gasteiger partial charge in [-0.05, 0) is 33.6 Å². The molecule has 1 aliphatic rings. The molecule has 0 saturated carbocycles. The maximum Gasteiger partial charge on any atom is 0.123 e. The number of fused-ring (bicyclic) bond motifs is 3. The Balaban J connectivity index is 2.48. The second-order valence-electron chi connectivity index (χ2n) is 4.95. The van der Waals surface area contributed by atoms with Gasteiger partial charge in [-0.25, -0.2) is 4.39 Å². The third-order valence-electron chi connectivity index (χ3n) is 3.59.